The Hall–Kier alpha value is -2.60. The third kappa shape index (κ3) is 3.69. The SMILES string of the molecule is O=C(COc1c[nH]c(CO)cc1=O)Nc1ccccc1. The lowest BCUT2D eigenvalue weighted by Crippen LogP contribution is -2.22. The van der Waals surface area contributed by atoms with E-state index in [9.17, 15) is 9.59 Å². The van der Waals surface area contributed by atoms with Crippen LogP contribution in [-0.4, -0.2) is 22.6 Å². The standard InChI is InChI=1S/C14H14N2O4/c17-8-11-6-12(18)13(7-15-11)20-9-14(19)16-10-4-2-1-3-5-10/h1-7,17H,8-9H2,(H,15,18)(H,16,19). The number of para-hydroxylation sites is 1. The van der Waals surface area contributed by atoms with Crippen LogP contribution in [-0.2, 0) is 11.4 Å². The van der Waals surface area contributed by atoms with E-state index in [-0.39, 0.29) is 30.3 Å². The number of aromatic amines is 1. The smallest absolute Gasteiger partial charge is 0.262 e. The summed E-state index contributed by atoms with van der Waals surface area (Å²) in [5, 5.41) is 11.5. The van der Waals surface area contributed by atoms with Crippen LogP contribution in [0.5, 0.6) is 5.75 Å². The van der Waals surface area contributed by atoms with Crippen LogP contribution in [0.15, 0.2) is 47.4 Å². The predicted octanol–water partition coefficient (Wildman–Crippen LogP) is 0.885. The molecule has 0 aliphatic rings. The fourth-order valence-electron chi connectivity index (χ4n) is 1.57. The molecule has 0 saturated carbocycles. The third-order valence-corrected chi connectivity index (χ3v) is 2.52. The van der Waals surface area contributed by atoms with Crippen molar-refractivity contribution in [2.45, 2.75) is 6.61 Å². The summed E-state index contributed by atoms with van der Waals surface area (Å²) < 4.78 is 5.13. The zero-order valence-electron chi connectivity index (χ0n) is 10.6. The molecule has 6 heteroatoms. The molecule has 20 heavy (non-hydrogen) atoms. The summed E-state index contributed by atoms with van der Waals surface area (Å²) in [6, 6.07) is 10.2. The van der Waals surface area contributed by atoms with E-state index in [2.05, 4.69) is 10.3 Å². The van der Waals surface area contributed by atoms with Crippen molar-refractivity contribution < 1.29 is 14.6 Å². The van der Waals surface area contributed by atoms with Crippen molar-refractivity contribution in [1.82, 2.24) is 4.98 Å². The first-order chi connectivity index (χ1) is 9.69. The van der Waals surface area contributed by atoms with E-state index in [4.69, 9.17) is 9.84 Å². The molecule has 1 heterocycles. The summed E-state index contributed by atoms with van der Waals surface area (Å²) in [4.78, 5) is 25.9. The van der Waals surface area contributed by atoms with E-state index >= 15 is 0 Å². The predicted molar refractivity (Wildman–Crippen MR) is 73.6 cm³/mol. The Morgan fingerprint density at radius 1 is 1.30 bits per heavy atom. The molecule has 0 aliphatic heterocycles. The third-order valence-electron chi connectivity index (χ3n) is 2.52. The topological polar surface area (TPSA) is 91.4 Å². The second-order valence-corrected chi connectivity index (χ2v) is 4.05. The van der Waals surface area contributed by atoms with Crippen LogP contribution in [0.4, 0.5) is 5.69 Å². The normalized spacial score (nSPS) is 10.1. The van der Waals surface area contributed by atoms with Crippen LogP contribution in [0.2, 0.25) is 0 Å². The Balaban J connectivity index is 1.92. The average Bonchev–Trinajstić information content (AvgIpc) is 2.47. The monoisotopic (exact) mass is 274 g/mol. The maximum atomic E-state index is 11.6. The Morgan fingerprint density at radius 2 is 2.05 bits per heavy atom. The van der Waals surface area contributed by atoms with Gasteiger partial charge in [-0.25, -0.2) is 0 Å². The average molecular weight is 274 g/mol. The molecule has 1 aromatic carbocycles. The minimum atomic E-state index is -0.389. The summed E-state index contributed by atoms with van der Waals surface area (Å²) in [7, 11) is 0. The van der Waals surface area contributed by atoms with Crippen LogP contribution in [0, 0.1) is 0 Å². The molecular formula is C14H14N2O4. The van der Waals surface area contributed by atoms with Crippen LogP contribution < -0.4 is 15.5 Å². The van der Waals surface area contributed by atoms with Gasteiger partial charge >= 0.3 is 0 Å². The van der Waals surface area contributed by atoms with Crippen LogP contribution >= 0.6 is 0 Å². The first-order valence-corrected chi connectivity index (χ1v) is 5.99. The highest BCUT2D eigenvalue weighted by atomic mass is 16.5. The van der Waals surface area contributed by atoms with Gasteiger partial charge in [0.25, 0.3) is 5.91 Å². The van der Waals surface area contributed by atoms with E-state index < -0.39 is 0 Å². The van der Waals surface area contributed by atoms with Gasteiger partial charge in [0.1, 0.15) is 0 Å². The number of benzene rings is 1. The highest BCUT2D eigenvalue weighted by molar-refractivity contribution is 5.91. The summed E-state index contributed by atoms with van der Waals surface area (Å²) in [5.74, 6) is -0.327. The molecule has 1 aromatic heterocycles. The maximum absolute atomic E-state index is 11.6. The van der Waals surface area contributed by atoms with Gasteiger partial charge in [-0.3, -0.25) is 9.59 Å². The molecule has 104 valence electrons. The van der Waals surface area contributed by atoms with Crippen molar-refractivity contribution in [3.63, 3.8) is 0 Å². The summed E-state index contributed by atoms with van der Waals surface area (Å²) in [6.07, 6.45) is 1.32. The number of rotatable bonds is 5. The van der Waals surface area contributed by atoms with E-state index in [0.29, 0.717) is 11.4 Å². The molecular weight excluding hydrogens is 260 g/mol. The fraction of sp³-hybridized carbons (Fsp3) is 0.143. The zero-order chi connectivity index (χ0) is 14.4. The molecule has 2 aromatic rings. The van der Waals surface area contributed by atoms with Crippen LogP contribution in [0.25, 0.3) is 0 Å². The molecule has 0 atom stereocenters. The van der Waals surface area contributed by atoms with Crippen molar-refractivity contribution in [3.05, 3.63) is 58.5 Å². The van der Waals surface area contributed by atoms with Gasteiger partial charge in [-0.1, -0.05) is 18.2 Å². The number of ether oxygens (including phenoxy) is 1. The van der Waals surface area contributed by atoms with Crippen molar-refractivity contribution in [1.29, 1.82) is 0 Å². The first kappa shape index (κ1) is 13.8. The molecule has 6 nitrogen and oxygen atoms in total. The number of pyridine rings is 1. The largest absolute Gasteiger partial charge is 0.478 e. The van der Waals surface area contributed by atoms with E-state index in [1.807, 2.05) is 6.07 Å². The van der Waals surface area contributed by atoms with Gasteiger partial charge in [-0.05, 0) is 12.1 Å². The van der Waals surface area contributed by atoms with Crippen molar-refractivity contribution >= 4 is 11.6 Å². The van der Waals surface area contributed by atoms with Gasteiger partial charge in [-0.2, -0.15) is 0 Å². The number of aromatic nitrogens is 1. The molecule has 2 rings (SSSR count). The number of amides is 1. The number of hydrogen-bond donors (Lipinski definition) is 3. The Bertz CT molecular complexity index is 637. The summed E-state index contributed by atoms with van der Waals surface area (Å²) in [5.41, 5.74) is 0.655. The molecule has 0 radical (unpaired) electrons. The zero-order valence-corrected chi connectivity index (χ0v) is 10.6. The quantitative estimate of drug-likeness (QED) is 0.755. The van der Waals surface area contributed by atoms with E-state index in [0.717, 1.165) is 0 Å². The molecule has 0 unspecified atom stereocenters. The number of aliphatic hydroxyl groups excluding tert-OH is 1. The van der Waals surface area contributed by atoms with Gasteiger partial charge < -0.3 is 20.1 Å². The molecule has 0 saturated heterocycles. The Kier molecular flexibility index (Phi) is 4.52. The second kappa shape index (κ2) is 6.53. The van der Waals surface area contributed by atoms with E-state index in [1.165, 1.54) is 12.3 Å². The maximum Gasteiger partial charge on any atom is 0.262 e. The molecule has 0 spiro atoms. The van der Waals surface area contributed by atoms with Gasteiger partial charge in [0.05, 0.1) is 6.61 Å². The van der Waals surface area contributed by atoms with Crippen LogP contribution in [0.3, 0.4) is 0 Å². The lowest BCUT2D eigenvalue weighted by molar-refractivity contribution is -0.118. The Labute approximate surface area is 115 Å². The highest BCUT2D eigenvalue weighted by Gasteiger charge is 2.06. The van der Waals surface area contributed by atoms with Crippen molar-refractivity contribution in [2.75, 3.05) is 11.9 Å². The molecule has 0 fully saturated rings. The summed E-state index contributed by atoms with van der Waals surface area (Å²) in [6.45, 7) is -0.527. The minimum Gasteiger partial charge on any atom is -0.478 e. The van der Waals surface area contributed by atoms with Crippen LogP contribution in [0.1, 0.15) is 5.69 Å². The number of nitrogens with one attached hydrogen (secondary N) is 2. The van der Waals surface area contributed by atoms with Crippen molar-refractivity contribution in [3.8, 4) is 5.75 Å². The number of H-pyrrole nitrogens is 1. The number of aliphatic hydroxyl groups is 1. The number of carbonyl (C=O) groups excluding carboxylic acids is 1. The molecule has 0 aliphatic carbocycles. The number of anilines is 1. The van der Waals surface area contributed by atoms with Gasteiger partial charge in [0.15, 0.2) is 12.4 Å². The molecule has 3 N–H and O–H groups in total. The first-order valence-electron chi connectivity index (χ1n) is 5.99. The van der Waals surface area contributed by atoms with Gasteiger partial charge in [-0.15, -0.1) is 0 Å². The number of hydrogen-bond acceptors (Lipinski definition) is 4. The minimum absolute atomic E-state index is 0.0328. The molecule has 0 bridgehead atoms. The lowest BCUT2D eigenvalue weighted by Gasteiger charge is -2.07. The highest BCUT2D eigenvalue weighted by Crippen LogP contribution is 2.06. The number of carbonyl (C=O) groups is 1. The fourth-order valence-corrected chi connectivity index (χ4v) is 1.57. The van der Waals surface area contributed by atoms with Gasteiger partial charge in [0, 0.05) is 23.6 Å². The van der Waals surface area contributed by atoms with Crippen molar-refractivity contribution in [2.24, 2.45) is 0 Å². The lowest BCUT2D eigenvalue weighted by atomic mass is 10.3. The summed E-state index contributed by atoms with van der Waals surface area (Å²) >= 11 is 0. The second-order valence-electron chi connectivity index (χ2n) is 4.05. The van der Waals surface area contributed by atoms with Gasteiger partial charge in [0.2, 0.25) is 5.43 Å². The van der Waals surface area contributed by atoms with E-state index in [1.54, 1.807) is 24.3 Å². The Morgan fingerprint density at radius 3 is 2.70 bits per heavy atom. The molecule has 1 amide bonds.